The number of nitrogens with one attached hydrogen (secondary N) is 1. The molecule has 1 aliphatic heterocycles. The molecule has 0 unspecified atom stereocenters. The van der Waals surface area contributed by atoms with Gasteiger partial charge in [-0.25, -0.2) is 0 Å². The van der Waals surface area contributed by atoms with Crippen molar-refractivity contribution in [2.45, 2.75) is 46.2 Å². The van der Waals surface area contributed by atoms with E-state index in [0.29, 0.717) is 6.04 Å². The van der Waals surface area contributed by atoms with E-state index in [0.717, 1.165) is 13.2 Å². The minimum atomic E-state index is 0.244. The molecular formula is C9H21NO. The molecule has 11 heavy (non-hydrogen) atoms. The van der Waals surface area contributed by atoms with Crippen molar-refractivity contribution in [1.29, 1.82) is 0 Å². The molecule has 1 fully saturated rings. The summed E-state index contributed by atoms with van der Waals surface area (Å²) in [5, 5.41) is 3.43. The van der Waals surface area contributed by atoms with Gasteiger partial charge in [-0.2, -0.15) is 0 Å². The van der Waals surface area contributed by atoms with E-state index >= 15 is 0 Å². The standard InChI is InChI=1S/C7H15NO.C2H6/c1-7(2,3)8-6-4-9-5-6;1-2/h6,8H,4-5H2,1-3H3;1-2H3. The zero-order chi connectivity index (χ0) is 8.91. The molecule has 68 valence electrons. The lowest BCUT2D eigenvalue weighted by Crippen LogP contribution is -2.53. The van der Waals surface area contributed by atoms with Crippen molar-refractivity contribution in [3.05, 3.63) is 0 Å². The van der Waals surface area contributed by atoms with Crippen molar-refractivity contribution >= 4 is 0 Å². The summed E-state index contributed by atoms with van der Waals surface area (Å²) in [6, 6.07) is 0.602. The molecule has 0 spiro atoms. The van der Waals surface area contributed by atoms with E-state index in [1.165, 1.54) is 0 Å². The summed E-state index contributed by atoms with van der Waals surface area (Å²) < 4.78 is 5.02. The van der Waals surface area contributed by atoms with Gasteiger partial charge in [0, 0.05) is 5.54 Å². The molecule has 1 aliphatic rings. The first kappa shape index (κ1) is 10.9. The average molecular weight is 159 g/mol. The Kier molecular flexibility index (Phi) is 4.69. The van der Waals surface area contributed by atoms with Crippen molar-refractivity contribution in [3.8, 4) is 0 Å². The lowest BCUT2D eigenvalue weighted by molar-refractivity contribution is -0.0150. The van der Waals surface area contributed by atoms with Crippen LogP contribution >= 0.6 is 0 Å². The van der Waals surface area contributed by atoms with E-state index in [9.17, 15) is 0 Å². The quantitative estimate of drug-likeness (QED) is 0.630. The third-order valence-corrected chi connectivity index (χ3v) is 1.28. The first-order chi connectivity index (χ1) is 5.08. The van der Waals surface area contributed by atoms with Crippen LogP contribution in [0.3, 0.4) is 0 Å². The van der Waals surface area contributed by atoms with Crippen molar-refractivity contribution in [3.63, 3.8) is 0 Å². The summed E-state index contributed by atoms with van der Waals surface area (Å²) in [6.45, 7) is 12.3. The van der Waals surface area contributed by atoms with Crippen LogP contribution in [0, 0.1) is 0 Å². The molecular weight excluding hydrogens is 138 g/mol. The number of ether oxygens (including phenoxy) is 1. The predicted molar refractivity (Wildman–Crippen MR) is 48.8 cm³/mol. The van der Waals surface area contributed by atoms with Gasteiger partial charge in [0.05, 0.1) is 19.3 Å². The normalized spacial score (nSPS) is 18.3. The van der Waals surface area contributed by atoms with E-state index in [-0.39, 0.29) is 5.54 Å². The van der Waals surface area contributed by atoms with Gasteiger partial charge >= 0.3 is 0 Å². The second-order valence-corrected chi connectivity index (χ2v) is 3.63. The zero-order valence-corrected chi connectivity index (χ0v) is 8.40. The SMILES string of the molecule is CC.CC(C)(C)NC1COC1. The molecule has 0 saturated carbocycles. The molecule has 0 radical (unpaired) electrons. The van der Waals surface area contributed by atoms with Gasteiger partial charge in [-0.1, -0.05) is 13.8 Å². The van der Waals surface area contributed by atoms with E-state index < -0.39 is 0 Å². The highest BCUT2D eigenvalue weighted by molar-refractivity contribution is 4.81. The molecule has 0 aromatic carbocycles. The highest BCUT2D eigenvalue weighted by atomic mass is 16.5. The summed E-state index contributed by atoms with van der Waals surface area (Å²) in [7, 11) is 0. The third-order valence-electron chi connectivity index (χ3n) is 1.28. The Morgan fingerprint density at radius 1 is 1.18 bits per heavy atom. The molecule has 0 amide bonds. The summed E-state index contributed by atoms with van der Waals surface area (Å²) in [4.78, 5) is 0. The third kappa shape index (κ3) is 5.22. The maximum atomic E-state index is 5.02. The van der Waals surface area contributed by atoms with E-state index in [1.54, 1.807) is 0 Å². The lowest BCUT2D eigenvalue weighted by atomic mass is 10.1. The van der Waals surface area contributed by atoms with Crippen LogP contribution in [0.2, 0.25) is 0 Å². The van der Waals surface area contributed by atoms with Crippen LogP contribution in [0.1, 0.15) is 34.6 Å². The fraction of sp³-hybridized carbons (Fsp3) is 1.00. The maximum Gasteiger partial charge on any atom is 0.0643 e. The summed E-state index contributed by atoms with van der Waals surface area (Å²) in [6.07, 6.45) is 0. The van der Waals surface area contributed by atoms with Crippen LogP contribution in [0.4, 0.5) is 0 Å². The van der Waals surface area contributed by atoms with Crippen molar-refractivity contribution in [1.82, 2.24) is 5.32 Å². The van der Waals surface area contributed by atoms with Gasteiger partial charge in [0.1, 0.15) is 0 Å². The second kappa shape index (κ2) is 4.73. The van der Waals surface area contributed by atoms with Gasteiger partial charge in [-0.15, -0.1) is 0 Å². The van der Waals surface area contributed by atoms with Gasteiger partial charge in [0.15, 0.2) is 0 Å². The maximum absolute atomic E-state index is 5.02. The first-order valence-corrected chi connectivity index (χ1v) is 4.43. The van der Waals surface area contributed by atoms with Gasteiger partial charge in [0.2, 0.25) is 0 Å². The van der Waals surface area contributed by atoms with Crippen LogP contribution in [0.25, 0.3) is 0 Å². The molecule has 1 saturated heterocycles. The Labute approximate surface area is 70.3 Å². The Hall–Kier alpha value is -0.0800. The Bertz CT molecular complexity index is 92.2. The van der Waals surface area contributed by atoms with Crippen LogP contribution in [0.5, 0.6) is 0 Å². The number of hydrogen-bond donors (Lipinski definition) is 1. The van der Waals surface area contributed by atoms with Crippen molar-refractivity contribution < 1.29 is 4.74 Å². The number of rotatable bonds is 1. The molecule has 2 heteroatoms. The van der Waals surface area contributed by atoms with E-state index in [4.69, 9.17) is 4.74 Å². The average Bonchev–Trinajstić information content (AvgIpc) is 1.83. The van der Waals surface area contributed by atoms with E-state index in [1.807, 2.05) is 13.8 Å². The molecule has 0 bridgehead atoms. The molecule has 1 N–H and O–H groups in total. The van der Waals surface area contributed by atoms with Gasteiger partial charge < -0.3 is 10.1 Å². The minimum absolute atomic E-state index is 0.244. The van der Waals surface area contributed by atoms with Crippen LogP contribution in [-0.2, 0) is 4.74 Å². The van der Waals surface area contributed by atoms with Gasteiger partial charge in [0.25, 0.3) is 0 Å². The molecule has 0 aliphatic carbocycles. The Morgan fingerprint density at radius 3 is 1.73 bits per heavy atom. The predicted octanol–water partition coefficient (Wildman–Crippen LogP) is 1.80. The fourth-order valence-corrected chi connectivity index (χ4v) is 0.931. The fourth-order valence-electron chi connectivity index (χ4n) is 0.931. The molecule has 0 aromatic heterocycles. The molecule has 0 aromatic rings. The first-order valence-electron chi connectivity index (χ1n) is 4.43. The summed E-state index contributed by atoms with van der Waals surface area (Å²) in [5.74, 6) is 0. The smallest absolute Gasteiger partial charge is 0.0643 e. The van der Waals surface area contributed by atoms with Crippen LogP contribution in [-0.4, -0.2) is 24.8 Å². The number of hydrogen-bond acceptors (Lipinski definition) is 2. The summed E-state index contributed by atoms with van der Waals surface area (Å²) >= 11 is 0. The Morgan fingerprint density at radius 2 is 1.64 bits per heavy atom. The van der Waals surface area contributed by atoms with Gasteiger partial charge in [-0.3, -0.25) is 0 Å². The monoisotopic (exact) mass is 159 g/mol. The second-order valence-electron chi connectivity index (χ2n) is 3.63. The van der Waals surface area contributed by atoms with Crippen LogP contribution < -0.4 is 5.32 Å². The van der Waals surface area contributed by atoms with Crippen molar-refractivity contribution in [2.75, 3.05) is 13.2 Å². The molecule has 0 atom stereocenters. The van der Waals surface area contributed by atoms with Gasteiger partial charge in [-0.05, 0) is 20.8 Å². The van der Waals surface area contributed by atoms with Crippen LogP contribution in [0.15, 0.2) is 0 Å². The Balaban J connectivity index is 0.000000461. The molecule has 1 rings (SSSR count). The van der Waals surface area contributed by atoms with E-state index in [2.05, 4.69) is 26.1 Å². The highest BCUT2D eigenvalue weighted by Crippen LogP contribution is 2.06. The minimum Gasteiger partial charge on any atom is -0.378 e. The summed E-state index contributed by atoms with van der Waals surface area (Å²) in [5.41, 5.74) is 0.244. The lowest BCUT2D eigenvalue weighted by Gasteiger charge is -2.33. The molecule has 1 heterocycles. The zero-order valence-electron chi connectivity index (χ0n) is 8.40. The topological polar surface area (TPSA) is 21.3 Å². The highest BCUT2D eigenvalue weighted by Gasteiger charge is 2.22. The largest absolute Gasteiger partial charge is 0.378 e. The molecule has 2 nitrogen and oxygen atoms in total. The van der Waals surface area contributed by atoms with Crippen molar-refractivity contribution in [2.24, 2.45) is 0 Å².